The van der Waals surface area contributed by atoms with Crippen molar-refractivity contribution in [2.45, 2.75) is 52.0 Å². The van der Waals surface area contributed by atoms with Gasteiger partial charge in [0.15, 0.2) is 0 Å². The molecule has 0 amide bonds. The van der Waals surface area contributed by atoms with Crippen LogP contribution in [-0.4, -0.2) is 20.5 Å². The van der Waals surface area contributed by atoms with Crippen molar-refractivity contribution in [2.24, 2.45) is 5.92 Å². The van der Waals surface area contributed by atoms with E-state index in [9.17, 15) is 4.79 Å². The summed E-state index contributed by atoms with van der Waals surface area (Å²) in [5.41, 5.74) is 0. The van der Waals surface area contributed by atoms with Gasteiger partial charge in [0.1, 0.15) is 17.9 Å². The third kappa shape index (κ3) is 2.49. The molecule has 1 aromatic heterocycles. The van der Waals surface area contributed by atoms with E-state index in [1.54, 1.807) is 4.68 Å². The van der Waals surface area contributed by atoms with Crippen LogP contribution in [0.1, 0.15) is 44.9 Å². The van der Waals surface area contributed by atoms with Gasteiger partial charge in [-0.05, 0) is 19.8 Å². The maximum absolute atomic E-state index is 12.1. The molecule has 16 heavy (non-hydrogen) atoms. The van der Waals surface area contributed by atoms with Crippen molar-refractivity contribution < 1.29 is 4.79 Å². The van der Waals surface area contributed by atoms with E-state index in [-0.39, 0.29) is 5.92 Å². The lowest BCUT2D eigenvalue weighted by Gasteiger charge is -2.19. The number of Topliss-reactive ketones (excluding diaryl/α,β-unsaturated/α-hetero) is 1. The standard InChI is InChI=1S/C12H19N3O/c1-2-15-12(13-9-14-15)8-11(16)10-6-4-3-5-7-10/h9-10H,2-8H2,1H3. The third-order valence-electron chi connectivity index (χ3n) is 3.39. The molecule has 2 rings (SSSR count). The van der Waals surface area contributed by atoms with E-state index in [1.165, 1.54) is 25.6 Å². The molecule has 0 aliphatic heterocycles. The Morgan fingerprint density at radius 1 is 1.44 bits per heavy atom. The minimum Gasteiger partial charge on any atom is -0.299 e. The van der Waals surface area contributed by atoms with E-state index in [4.69, 9.17) is 0 Å². The van der Waals surface area contributed by atoms with E-state index in [2.05, 4.69) is 10.1 Å². The van der Waals surface area contributed by atoms with Crippen molar-refractivity contribution in [3.8, 4) is 0 Å². The van der Waals surface area contributed by atoms with Crippen LogP contribution in [-0.2, 0) is 17.8 Å². The normalized spacial score (nSPS) is 17.6. The molecule has 4 nitrogen and oxygen atoms in total. The summed E-state index contributed by atoms with van der Waals surface area (Å²) < 4.78 is 1.81. The average molecular weight is 221 g/mol. The van der Waals surface area contributed by atoms with Crippen molar-refractivity contribution >= 4 is 5.78 Å². The number of hydrogen-bond acceptors (Lipinski definition) is 3. The van der Waals surface area contributed by atoms with Gasteiger partial charge >= 0.3 is 0 Å². The Balaban J connectivity index is 1.95. The van der Waals surface area contributed by atoms with E-state index in [0.29, 0.717) is 12.2 Å². The van der Waals surface area contributed by atoms with Crippen LogP contribution >= 0.6 is 0 Å². The molecule has 0 radical (unpaired) electrons. The summed E-state index contributed by atoms with van der Waals surface area (Å²) in [5, 5.41) is 4.09. The molecule has 1 aliphatic rings. The van der Waals surface area contributed by atoms with Gasteiger partial charge in [-0.3, -0.25) is 4.79 Å². The zero-order valence-electron chi connectivity index (χ0n) is 9.85. The van der Waals surface area contributed by atoms with Gasteiger partial charge < -0.3 is 0 Å². The summed E-state index contributed by atoms with van der Waals surface area (Å²) in [5.74, 6) is 1.44. The number of carbonyl (C=O) groups excluding carboxylic acids is 1. The van der Waals surface area contributed by atoms with Crippen LogP contribution in [0.2, 0.25) is 0 Å². The molecule has 1 fully saturated rings. The predicted molar refractivity (Wildman–Crippen MR) is 61.0 cm³/mol. The molecule has 0 atom stereocenters. The quantitative estimate of drug-likeness (QED) is 0.781. The molecule has 0 unspecified atom stereocenters. The minimum atomic E-state index is 0.274. The van der Waals surface area contributed by atoms with Gasteiger partial charge in [0.05, 0.1) is 6.42 Å². The number of nitrogens with zero attached hydrogens (tertiary/aromatic N) is 3. The molecule has 1 aromatic rings. The summed E-state index contributed by atoms with van der Waals surface area (Å²) in [6.45, 7) is 2.80. The fraction of sp³-hybridized carbons (Fsp3) is 0.750. The topological polar surface area (TPSA) is 47.8 Å². The molecule has 88 valence electrons. The smallest absolute Gasteiger partial charge is 0.143 e. The summed E-state index contributed by atoms with van der Waals surface area (Å²) in [4.78, 5) is 16.2. The molecule has 0 N–H and O–H groups in total. The first-order valence-corrected chi connectivity index (χ1v) is 6.20. The molecule has 0 bridgehead atoms. The van der Waals surface area contributed by atoms with Crippen LogP contribution in [0.15, 0.2) is 6.33 Å². The van der Waals surface area contributed by atoms with Crippen molar-refractivity contribution in [3.05, 3.63) is 12.2 Å². The Bertz CT molecular complexity index is 353. The number of aromatic nitrogens is 3. The second-order valence-electron chi connectivity index (χ2n) is 4.47. The van der Waals surface area contributed by atoms with E-state index >= 15 is 0 Å². The minimum absolute atomic E-state index is 0.274. The molecular formula is C12H19N3O. The molecule has 0 spiro atoms. The summed E-state index contributed by atoms with van der Waals surface area (Å²) in [6, 6.07) is 0. The zero-order valence-corrected chi connectivity index (χ0v) is 9.85. The Kier molecular flexibility index (Phi) is 3.70. The molecule has 1 saturated carbocycles. The largest absolute Gasteiger partial charge is 0.299 e. The lowest BCUT2D eigenvalue weighted by Crippen LogP contribution is -2.21. The highest BCUT2D eigenvalue weighted by Crippen LogP contribution is 2.25. The highest BCUT2D eigenvalue weighted by molar-refractivity contribution is 5.82. The number of hydrogen-bond donors (Lipinski definition) is 0. The van der Waals surface area contributed by atoms with Crippen LogP contribution in [0.4, 0.5) is 0 Å². The zero-order chi connectivity index (χ0) is 11.4. The van der Waals surface area contributed by atoms with Crippen molar-refractivity contribution in [1.82, 2.24) is 14.8 Å². The van der Waals surface area contributed by atoms with Gasteiger partial charge in [0.2, 0.25) is 0 Å². The molecule has 0 saturated heterocycles. The summed E-state index contributed by atoms with van der Waals surface area (Å²) in [7, 11) is 0. The van der Waals surface area contributed by atoms with Crippen LogP contribution in [0, 0.1) is 5.92 Å². The molecule has 4 heteroatoms. The van der Waals surface area contributed by atoms with E-state index < -0.39 is 0 Å². The maximum atomic E-state index is 12.1. The fourth-order valence-corrected chi connectivity index (χ4v) is 2.41. The fourth-order valence-electron chi connectivity index (χ4n) is 2.41. The lowest BCUT2D eigenvalue weighted by molar-refractivity contribution is -0.123. The second-order valence-corrected chi connectivity index (χ2v) is 4.47. The number of carbonyl (C=O) groups is 1. The predicted octanol–water partition coefficient (Wildman–Crippen LogP) is 1.99. The highest BCUT2D eigenvalue weighted by Gasteiger charge is 2.22. The highest BCUT2D eigenvalue weighted by atomic mass is 16.1. The third-order valence-corrected chi connectivity index (χ3v) is 3.39. The molecule has 0 aromatic carbocycles. The van der Waals surface area contributed by atoms with Crippen molar-refractivity contribution in [1.29, 1.82) is 0 Å². The average Bonchev–Trinajstić information content (AvgIpc) is 2.77. The molecule has 1 aliphatic carbocycles. The van der Waals surface area contributed by atoms with Crippen LogP contribution in [0.5, 0.6) is 0 Å². The summed E-state index contributed by atoms with van der Waals surface area (Å²) in [6.07, 6.45) is 7.83. The monoisotopic (exact) mass is 221 g/mol. The Hall–Kier alpha value is -1.19. The van der Waals surface area contributed by atoms with Crippen LogP contribution in [0.3, 0.4) is 0 Å². The van der Waals surface area contributed by atoms with Gasteiger partial charge in [0.25, 0.3) is 0 Å². The van der Waals surface area contributed by atoms with Gasteiger partial charge in [-0.25, -0.2) is 9.67 Å². The first kappa shape index (κ1) is 11.3. The van der Waals surface area contributed by atoms with Gasteiger partial charge in [-0.15, -0.1) is 0 Å². The number of aryl methyl sites for hydroxylation is 1. The molecule has 1 heterocycles. The Labute approximate surface area is 96.1 Å². The van der Waals surface area contributed by atoms with Crippen molar-refractivity contribution in [3.63, 3.8) is 0 Å². The van der Waals surface area contributed by atoms with E-state index in [1.807, 2.05) is 6.92 Å². The van der Waals surface area contributed by atoms with Crippen LogP contribution < -0.4 is 0 Å². The maximum Gasteiger partial charge on any atom is 0.143 e. The SMILES string of the molecule is CCn1ncnc1CC(=O)C1CCCCC1. The molecular weight excluding hydrogens is 202 g/mol. The summed E-state index contributed by atoms with van der Waals surface area (Å²) >= 11 is 0. The lowest BCUT2D eigenvalue weighted by atomic mass is 9.85. The first-order chi connectivity index (χ1) is 7.81. The van der Waals surface area contributed by atoms with E-state index in [0.717, 1.165) is 25.2 Å². The Morgan fingerprint density at radius 2 is 2.19 bits per heavy atom. The van der Waals surface area contributed by atoms with Gasteiger partial charge in [-0.1, -0.05) is 19.3 Å². The van der Waals surface area contributed by atoms with Crippen molar-refractivity contribution in [2.75, 3.05) is 0 Å². The number of rotatable bonds is 4. The Morgan fingerprint density at radius 3 is 2.88 bits per heavy atom. The van der Waals surface area contributed by atoms with Gasteiger partial charge in [-0.2, -0.15) is 5.10 Å². The number of ketones is 1. The van der Waals surface area contributed by atoms with Crippen LogP contribution in [0.25, 0.3) is 0 Å². The van der Waals surface area contributed by atoms with Gasteiger partial charge in [0, 0.05) is 12.5 Å². The first-order valence-electron chi connectivity index (χ1n) is 6.20. The second kappa shape index (κ2) is 5.23.